The molecule has 0 aliphatic carbocycles. The standard InChI is InChI=1S/C24H36N3P/c1-4-7-16-25-19-10-13-22(25)28(23-14-11-20-26(23)17-8-5-2)24-15-12-21-27(24)18-9-6-3/h10-15,19-21H,4-9,16-18H2,1-3H3. The second kappa shape index (κ2) is 10.7. The summed E-state index contributed by atoms with van der Waals surface area (Å²) in [4.78, 5) is 0. The van der Waals surface area contributed by atoms with Gasteiger partial charge in [0.15, 0.2) is 0 Å². The van der Waals surface area contributed by atoms with Crippen molar-refractivity contribution in [1.29, 1.82) is 0 Å². The Balaban J connectivity index is 2.04. The van der Waals surface area contributed by atoms with E-state index >= 15 is 0 Å². The third-order valence-corrected chi connectivity index (χ3v) is 7.95. The summed E-state index contributed by atoms with van der Waals surface area (Å²) >= 11 is 0. The molecule has 3 aromatic heterocycles. The molecule has 0 radical (unpaired) electrons. The fourth-order valence-electron chi connectivity index (χ4n) is 3.73. The molecule has 0 saturated heterocycles. The molecule has 0 N–H and O–H groups in total. The van der Waals surface area contributed by atoms with Crippen molar-refractivity contribution in [2.24, 2.45) is 0 Å². The third kappa shape index (κ3) is 4.81. The largest absolute Gasteiger partial charge is 0.347 e. The molecule has 0 aromatic carbocycles. The first-order valence-electron chi connectivity index (χ1n) is 11.1. The van der Waals surface area contributed by atoms with Crippen LogP contribution in [0.1, 0.15) is 59.3 Å². The number of rotatable bonds is 12. The molecule has 0 aliphatic rings. The molecule has 152 valence electrons. The summed E-state index contributed by atoms with van der Waals surface area (Å²) in [5, 5.41) is 0. The van der Waals surface area contributed by atoms with Crippen LogP contribution in [0.25, 0.3) is 0 Å². The number of nitrogens with zero attached hydrogens (tertiary/aromatic N) is 3. The van der Waals surface area contributed by atoms with Crippen LogP contribution in [0.3, 0.4) is 0 Å². The smallest absolute Gasteiger partial charge is 0.0532 e. The van der Waals surface area contributed by atoms with Gasteiger partial charge in [-0.3, -0.25) is 0 Å². The van der Waals surface area contributed by atoms with Crippen molar-refractivity contribution < 1.29 is 0 Å². The summed E-state index contributed by atoms with van der Waals surface area (Å²) < 4.78 is 7.51. The number of hydrogen-bond acceptors (Lipinski definition) is 0. The van der Waals surface area contributed by atoms with E-state index in [1.165, 1.54) is 54.8 Å². The number of aryl methyl sites for hydroxylation is 3. The van der Waals surface area contributed by atoms with Gasteiger partial charge in [-0.2, -0.15) is 0 Å². The molecule has 3 rings (SSSR count). The lowest BCUT2D eigenvalue weighted by Crippen LogP contribution is -2.33. The highest BCUT2D eigenvalue weighted by atomic mass is 31.1. The highest BCUT2D eigenvalue weighted by Crippen LogP contribution is 2.34. The monoisotopic (exact) mass is 397 g/mol. The van der Waals surface area contributed by atoms with E-state index < -0.39 is 7.92 Å². The summed E-state index contributed by atoms with van der Waals surface area (Å²) in [5.41, 5.74) is 4.45. The molecule has 28 heavy (non-hydrogen) atoms. The quantitative estimate of drug-likeness (QED) is 0.371. The molecular weight excluding hydrogens is 361 g/mol. The predicted octanol–water partition coefficient (Wildman–Crippen LogP) is 5.25. The van der Waals surface area contributed by atoms with Crippen molar-refractivity contribution in [2.45, 2.75) is 78.9 Å². The zero-order valence-corrected chi connectivity index (χ0v) is 18.7. The molecule has 0 fully saturated rings. The van der Waals surface area contributed by atoms with E-state index in [-0.39, 0.29) is 0 Å². The zero-order valence-electron chi connectivity index (χ0n) is 17.8. The van der Waals surface area contributed by atoms with Crippen molar-refractivity contribution in [1.82, 2.24) is 13.7 Å². The Morgan fingerprint density at radius 1 is 0.571 bits per heavy atom. The molecule has 0 aliphatic heterocycles. The van der Waals surface area contributed by atoms with E-state index in [1.807, 2.05) is 0 Å². The predicted molar refractivity (Wildman–Crippen MR) is 124 cm³/mol. The van der Waals surface area contributed by atoms with Gasteiger partial charge in [0.25, 0.3) is 0 Å². The van der Waals surface area contributed by atoms with Gasteiger partial charge in [-0.1, -0.05) is 40.0 Å². The lowest BCUT2D eigenvalue weighted by molar-refractivity contribution is 0.640. The summed E-state index contributed by atoms with van der Waals surface area (Å²) in [6.07, 6.45) is 14.2. The minimum absolute atomic E-state index is 0.558. The van der Waals surface area contributed by atoms with Gasteiger partial charge in [0.1, 0.15) is 0 Å². The molecule has 3 nitrogen and oxygen atoms in total. The molecule has 3 heterocycles. The van der Waals surface area contributed by atoms with E-state index in [0.29, 0.717) is 0 Å². The van der Waals surface area contributed by atoms with Gasteiger partial charge in [0, 0.05) is 46.1 Å². The SMILES string of the molecule is CCCCn1cccc1P(c1cccn1CCCC)c1cccn1CCCC. The number of aromatic nitrogens is 3. The summed E-state index contributed by atoms with van der Waals surface area (Å²) in [7, 11) is -0.558. The lowest BCUT2D eigenvalue weighted by Gasteiger charge is -2.24. The van der Waals surface area contributed by atoms with Crippen LogP contribution in [-0.2, 0) is 19.6 Å². The highest BCUT2D eigenvalue weighted by Gasteiger charge is 2.25. The van der Waals surface area contributed by atoms with Crippen LogP contribution in [0.4, 0.5) is 0 Å². The van der Waals surface area contributed by atoms with E-state index in [0.717, 1.165) is 19.6 Å². The van der Waals surface area contributed by atoms with Crippen LogP contribution < -0.4 is 16.3 Å². The Morgan fingerprint density at radius 2 is 0.893 bits per heavy atom. The van der Waals surface area contributed by atoms with E-state index in [9.17, 15) is 0 Å². The van der Waals surface area contributed by atoms with Crippen LogP contribution in [0.15, 0.2) is 55.0 Å². The molecule has 3 aromatic rings. The average molecular weight is 398 g/mol. The van der Waals surface area contributed by atoms with Crippen molar-refractivity contribution in [3.8, 4) is 0 Å². The Hall–Kier alpha value is -1.73. The van der Waals surface area contributed by atoms with E-state index in [2.05, 4.69) is 89.5 Å². The maximum Gasteiger partial charge on any atom is 0.0532 e. The molecule has 4 heteroatoms. The van der Waals surface area contributed by atoms with Gasteiger partial charge < -0.3 is 13.7 Å². The third-order valence-electron chi connectivity index (χ3n) is 5.36. The fourth-order valence-corrected chi connectivity index (χ4v) is 6.41. The molecule has 0 saturated carbocycles. The maximum atomic E-state index is 2.50. The van der Waals surface area contributed by atoms with Gasteiger partial charge >= 0.3 is 0 Å². The minimum Gasteiger partial charge on any atom is -0.347 e. The zero-order chi connectivity index (χ0) is 19.8. The second-order valence-corrected chi connectivity index (χ2v) is 9.62. The van der Waals surface area contributed by atoms with Crippen LogP contribution >= 0.6 is 7.92 Å². The van der Waals surface area contributed by atoms with Crippen molar-refractivity contribution in [2.75, 3.05) is 0 Å². The van der Waals surface area contributed by atoms with Crippen molar-refractivity contribution >= 4 is 24.2 Å². The normalized spacial score (nSPS) is 11.6. The van der Waals surface area contributed by atoms with Crippen molar-refractivity contribution in [3.05, 3.63) is 55.0 Å². The molecule has 0 unspecified atom stereocenters. The van der Waals surface area contributed by atoms with Crippen LogP contribution in [0.5, 0.6) is 0 Å². The molecular formula is C24H36N3P. The Kier molecular flexibility index (Phi) is 8.03. The Labute approximate surface area is 172 Å². The van der Waals surface area contributed by atoms with E-state index in [1.54, 1.807) is 0 Å². The summed E-state index contributed by atoms with van der Waals surface area (Å²) in [5.74, 6) is 0. The fraction of sp³-hybridized carbons (Fsp3) is 0.500. The van der Waals surface area contributed by atoms with Crippen LogP contribution in [0.2, 0.25) is 0 Å². The summed E-state index contributed by atoms with van der Waals surface area (Å²) in [6, 6.07) is 13.8. The number of unbranched alkanes of at least 4 members (excludes halogenated alkanes) is 3. The molecule has 0 bridgehead atoms. The topological polar surface area (TPSA) is 14.8 Å². The van der Waals surface area contributed by atoms with Gasteiger partial charge in [0.2, 0.25) is 0 Å². The maximum absolute atomic E-state index is 2.50. The first-order valence-corrected chi connectivity index (χ1v) is 12.4. The Morgan fingerprint density at radius 3 is 1.18 bits per heavy atom. The summed E-state index contributed by atoms with van der Waals surface area (Å²) in [6.45, 7) is 10.2. The van der Waals surface area contributed by atoms with Gasteiger partial charge in [-0.25, -0.2) is 0 Å². The highest BCUT2D eigenvalue weighted by molar-refractivity contribution is 7.79. The van der Waals surface area contributed by atoms with Crippen molar-refractivity contribution in [3.63, 3.8) is 0 Å². The lowest BCUT2D eigenvalue weighted by atomic mass is 10.3. The average Bonchev–Trinajstić information content (AvgIpc) is 3.46. The first-order chi connectivity index (χ1) is 13.8. The van der Waals surface area contributed by atoms with Gasteiger partial charge in [-0.05, 0) is 55.7 Å². The van der Waals surface area contributed by atoms with Crippen LogP contribution in [-0.4, -0.2) is 13.7 Å². The number of hydrogen-bond donors (Lipinski definition) is 0. The molecule has 0 spiro atoms. The minimum atomic E-state index is -0.558. The van der Waals surface area contributed by atoms with Gasteiger partial charge in [-0.15, -0.1) is 0 Å². The first kappa shape index (κ1) is 21.0. The van der Waals surface area contributed by atoms with Gasteiger partial charge in [0.05, 0.1) is 16.3 Å². The van der Waals surface area contributed by atoms with E-state index in [4.69, 9.17) is 0 Å². The molecule has 0 amide bonds. The Bertz CT molecular complexity index is 716. The molecule has 0 atom stereocenters. The second-order valence-electron chi connectivity index (χ2n) is 7.58. The van der Waals surface area contributed by atoms with Crippen LogP contribution in [0, 0.1) is 0 Å².